The molecule has 42 heavy (non-hydrogen) atoms. The molecule has 0 N–H and O–H groups in total. The molecule has 0 aliphatic carbocycles. The van der Waals surface area contributed by atoms with Gasteiger partial charge in [0.25, 0.3) is 17.2 Å². The van der Waals surface area contributed by atoms with E-state index in [-0.39, 0.29) is 38.3 Å². The van der Waals surface area contributed by atoms with E-state index in [1.54, 1.807) is 49.0 Å². The van der Waals surface area contributed by atoms with E-state index >= 15 is 0 Å². The molecule has 0 bridgehead atoms. The summed E-state index contributed by atoms with van der Waals surface area (Å²) in [6.07, 6.45) is 1.61. The number of esters is 1. The van der Waals surface area contributed by atoms with Crippen molar-refractivity contribution < 1.29 is 24.0 Å². The summed E-state index contributed by atoms with van der Waals surface area (Å²) in [4.78, 5) is 51.4. The summed E-state index contributed by atoms with van der Waals surface area (Å²) >= 11 is 6.58. The predicted molar refractivity (Wildman–Crippen MR) is 162 cm³/mol. The van der Waals surface area contributed by atoms with Gasteiger partial charge in [0.15, 0.2) is 15.8 Å². The highest BCUT2D eigenvalue weighted by Crippen LogP contribution is 2.37. The van der Waals surface area contributed by atoms with Gasteiger partial charge in [-0.3, -0.25) is 29.3 Å². The fourth-order valence-corrected chi connectivity index (χ4v) is 5.63. The van der Waals surface area contributed by atoms with Crippen molar-refractivity contribution in [1.29, 1.82) is 0 Å². The van der Waals surface area contributed by atoms with E-state index in [4.69, 9.17) is 21.7 Å². The lowest BCUT2D eigenvalue weighted by molar-refractivity contribution is -0.384. The summed E-state index contributed by atoms with van der Waals surface area (Å²) in [7, 11) is 3.14. The molecule has 11 nitrogen and oxygen atoms in total. The quantitative estimate of drug-likeness (QED) is 0.0715. The van der Waals surface area contributed by atoms with Crippen LogP contribution in [0.15, 0.2) is 82.5 Å². The number of non-ortho nitro benzene ring substituents is 1. The number of rotatable bonds is 7. The zero-order valence-electron chi connectivity index (χ0n) is 22.5. The van der Waals surface area contributed by atoms with Crippen molar-refractivity contribution in [3.8, 4) is 17.2 Å². The Morgan fingerprint density at radius 3 is 2.36 bits per heavy atom. The molecular weight excluding hydrogens is 580 g/mol. The molecule has 3 aromatic carbocycles. The molecule has 13 heteroatoms. The number of nitro groups is 1. The molecule has 1 fully saturated rings. The number of ether oxygens (including phenoxy) is 2. The molecule has 0 radical (unpaired) electrons. The normalized spacial score (nSPS) is 14.0. The highest BCUT2D eigenvalue weighted by molar-refractivity contribution is 8.27. The van der Waals surface area contributed by atoms with Crippen molar-refractivity contribution in [2.75, 3.05) is 12.0 Å². The van der Waals surface area contributed by atoms with Crippen LogP contribution in [0, 0.1) is 17.0 Å². The third-order valence-electron chi connectivity index (χ3n) is 6.54. The third-order valence-corrected chi connectivity index (χ3v) is 7.85. The van der Waals surface area contributed by atoms with Gasteiger partial charge in [-0.25, -0.2) is 9.48 Å². The van der Waals surface area contributed by atoms with Gasteiger partial charge in [-0.05, 0) is 55.0 Å². The maximum absolute atomic E-state index is 13.5. The molecule has 0 saturated carbocycles. The highest BCUT2D eigenvalue weighted by Gasteiger charge is 2.37. The first kappa shape index (κ1) is 28.5. The Morgan fingerprint density at radius 2 is 1.71 bits per heavy atom. The van der Waals surface area contributed by atoms with Crippen LogP contribution in [-0.4, -0.2) is 37.6 Å². The summed E-state index contributed by atoms with van der Waals surface area (Å²) in [6.45, 7) is 1.75. The van der Waals surface area contributed by atoms with Crippen LogP contribution in [0.25, 0.3) is 11.8 Å². The number of nitro benzene ring substituents is 1. The Labute approximate surface area is 248 Å². The molecule has 1 aromatic heterocycles. The Bertz CT molecular complexity index is 1840. The summed E-state index contributed by atoms with van der Waals surface area (Å²) in [5.74, 6) is -0.828. The molecule has 0 atom stereocenters. The Kier molecular flexibility index (Phi) is 7.79. The van der Waals surface area contributed by atoms with E-state index in [2.05, 4.69) is 0 Å². The fourth-order valence-electron chi connectivity index (χ4n) is 4.36. The monoisotopic (exact) mass is 602 g/mol. The molecule has 0 spiro atoms. The number of amides is 1. The molecule has 1 amide bonds. The molecule has 1 aliphatic rings. The van der Waals surface area contributed by atoms with Crippen LogP contribution in [0.4, 0.5) is 11.4 Å². The topological polar surface area (TPSA) is 126 Å². The highest BCUT2D eigenvalue weighted by atomic mass is 32.2. The Hall–Kier alpha value is -5.01. The van der Waals surface area contributed by atoms with Gasteiger partial charge in [0.2, 0.25) is 0 Å². The van der Waals surface area contributed by atoms with Crippen LogP contribution in [0.3, 0.4) is 0 Å². The van der Waals surface area contributed by atoms with Crippen molar-refractivity contribution in [3.63, 3.8) is 0 Å². The minimum atomic E-state index is -0.726. The SMILES string of the molecule is COc1cc(/C=C2/SC(=S)N(c3c(C)n(C)n(-c4ccccc4)c3=O)C2=O)ccc1OC(=O)c1ccc([N+](=O)[O-])cc1. The number of methoxy groups -OCH3 is 1. The van der Waals surface area contributed by atoms with Gasteiger partial charge >= 0.3 is 5.97 Å². The number of thiocarbonyl (C=S) groups is 1. The number of aromatic nitrogens is 2. The van der Waals surface area contributed by atoms with Crippen molar-refractivity contribution in [2.45, 2.75) is 6.92 Å². The summed E-state index contributed by atoms with van der Waals surface area (Å²) in [5.41, 5.74) is 1.57. The Balaban J connectivity index is 1.40. The zero-order chi connectivity index (χ0) is 30.1. The number of carbonyl (C=O) groups is 2. The first-order valence-corrected chi connectivity index (χ1v) is 13.6. The van der Waals surface area contributed by atoms with Gasteiger partial charge in [0.1, 0.15) is 5.69 Å². The number of hydrogen-bond acceptors (Lipinski definition) is 9. The van der Waals surface area contributed by atoms with E-state index in [1.165, 1.54) is 47.0 Å². The maximum Gasteiger partial charge on any atom is 0.343 e. The van der Waals surface area contributed by atoms with Crippen molar-refractivity contribution in [2.24, 2.45) is 7.05 Å². The molecule has 2 heterocycles. The summed E-state index contributed by atoms with van der Waals surface area (Å²) in [6, 6.07) is 18.8. The molecule has 212 valence electrons. The lowest BCUT2D eigenvalue weighted by Crippen LogP contribution is -2.33. The Morgan fingerprint density at radius 1 is 1.02 bits per heavy atom. The second-order valence-electron chi connectivity index (χ2n) is 9.03. The molecule has 4 aromatic rings. The van der Waals surface area contributed by atoms with Crippen LogP contribution < -0.4 is 19.9 Å². The van der Waals surface area contributed by atoms with Gasteiger partial charge < -0.3 is 9.47 Å². The van der Waals surface area contributed by atoms with Crippen molar-refractivity contribution >= 4 is 57.6 Å². The van der Waals surface area contributed by atoms with Crippen LogP contribution in [0.1, 0.15) is 21.6 Å². The lowest BCUT2D eigenvalue weighted by Gasteiger charge is -2.12. The summed E-state index contributed by atoms with van der Waals surface area (Å²) < 4.78 is 14.2. The van der Waals surface area contributed by atoms with E-state index in [0.29, 0.717) is 21.8 Å². The third kappa shape index (κ3) is 5.22. The van der Waals surface area contributed by atoms with Gasteiger partial charge in [-0.2, -0.15) is 0 Å². The first-order chi connectivity index (χ1) is 20.1. The molecule has 1 saturated heterocycles. The number of hydrogen-bond donors (Lipinski definition) is 0. The maximum atomic E-state index is 13.5. The van der Waals surface area contributed by atoms with Crippen LogP contribution in [0.2, 0.25) is 0 Å². The smallest absolute Gasteiger partial charge is 0.343 e. The average molecular weight is 603 g/mol. The summed E-state index contributed by atoms with van der Waals surface area (Å²) in [5, 5.41) is 10.9. The minimum absolute atomic E-state index is 0.118. The predicted octanol–water partition coefficient (Wildman–Crippen LogP) is 5.03. The van der Waals surface area contributed by atoms with Gasteiger partial charge in [-0.15, -0.1) is 0 Å². The fraction of sp³-hybridized carbons (Fsp3) is 0.103. The van der Waals surface area contributed by atoms with Gasteiger partial charge in [-0.1, -0.05) is 48.2 Å². The number of benzene rings is 3. The number of thioether (sulfide) groups is 1. The van der Waals surface area contributed by atoms with Crippen LogP contribution >= 0.6 is 24.0 Å². The largest absolute Gasteiger partial charge is 0.493 e. The second-order valence-corrected chi connectivity index (χ2v) is 10.7. The molecule has 5 rings (SSSR count). The lowest BCUT2D eigenvalue weighted by atomic mass is 10.1. The van der Waals surface area contributed by atoms with Gasteiger partial charge in [0.05, 0.1) is 33.9 Å². The van der Waals surface area contributed by atoms with Crippen LogP contribution in [-0.2, 0) is 11.8 Å². The van der Waals surface area contributed by atoms with E-state index in [0.717, 1.165) is 11.8 Å². The first-order valence-electron chi connectivity index (χ1n) is 12.4. The zero-order valence-corrected chi connectivity index (χ0v) is 24.1. The van der Waals surface area contributed by atoms with Crippen molar-refractivity contribution in [3.05, 3.63) is 115 Å². The number of anilines is 1. The number of para-hydroxylation sites is 1. The molecule has 0 unspecified atom stereocenters. The number of carbonyl (C=O) groups excluding carboxylic acids is 2. The van der Waals surface area contributed by atoms with Crippen molar-refractivity contribution in [1.82, 2.24) is 9.36 Å². The van der Waals surface area contributed by atoms with Crippen LogP contribution in [0.5, 0.6) is 11.5 Å². The number of nitrogens with zero attached hydrogens (tertiary/aromatic N) is 4. The standard InChI is InChI=1S/C29H22N4O7S2/c1-17-25(27(35)32(30(17)2)20-7-5-4-6-8-20)31-26(34)24(42-29(31)41)16-18-9-14-22(23(15-18)39-3)40-28(36)19-10-12-21(13-11-19)33(37)38/h4-16H,1-3H3/b24-16+. The van der Waals surface area contributed by atoms with E-state index in [1.807, 2.05) is 18.2 Å². The second kappa shape index (κ2) is 11.5. The average Bonchev–Trinajstić information content (AvgIpc) is 3.38. The molecular formula is C29H22N4O7S2. The minimum Gasteiger partial charge on any atom is -0.493 e. The van der Waals surface area contributed by atoms with E-state index < -0.39 is 16.8 Å². The molecule has 1 aliphatic heterocycles. The van der Waals surface area contributed by atoms with Gasteiger partial charge in [0, 0.05) is 19.2 Å². The van der Waals surface area contributed by atoms with E-state index in [9.17, 15) is 24.5 Å².